The third-order valence-corrected chi connectivity index (χ3v) is 6.99. The summed E-state index contributed by atoms with van der Waals surface area (Å²) in [5, 5.41) is 9.00. The first kappa shape index (κ1) is 20.5. The van der Waals surface area contributed by atoms with Crippen molar-refractivity contribution in [2.45, 2.75) is 43.5 Å². The first-order chi connectivity index (χ1) is 14.2. The Labute approximate surface area is 181 Å². The minimum atomic E-state index is -0.286. The van der Waals surface area contributed by atoms with Crippen LogP contribution in [0.5, 0.6) is 0 Å². The Morgan fingerprint density at radius 1 is 1.20 bits per heavy atom. The molecule has 0 spiro atoms. The molecular weight excluding hydrogens is 396 g/mol. The average Bonchev–Trinajstić information content (AvgIpc) is 3.34. The molecule has 0 bridgehead atoms. The summed E-state index contributed by atoms with van der Waals surface area (Å²) in [6, 6.07) is 10.2. The molecule has 156 valence electrons. The second-order valence-electron chi connectivity index (χ2n) is 8.15. The summed E-state index contributed by atoms with van der Waals surface area (Å²) < 4.78 is 7.28. The molecule has 0 N–H and O–H groups in total. The molecule has 1 aliphatic rings. The Bertz CT molecular complexity index is 1140. The number of fused-ring (bicyclic) bond motifs is 1. The van der Waals surface area contributed by atoms with Crippen LogP contribution in [-0.2, 0) is 17.3 Å². The number of allylic oxidation sites excluding steroid dienone is 2. The number of anilines is 1. The van der Waals surface area contributed by atoms with Crippen molar-refractivity contribution in [3.05, 3.63) is 59.7 Å². The van der Waals surface area contributed by atoms with Gasteiger partial charge in [-0.05, 0) is 31.5 Å². The van der Waals surface area contributed by atoms with E-state index in [-0.39, 0.29) is 16.4 Å². The SMILES string of the molecule is Cc1occc1-c1nnc(SC(C)C(=O)/C=C2/N(C)c3ccccc3C2(C)C)n1C. The summed E-state index contributed by atoms with van der Waals surface area (Å²) in [5.74, 6) is 1.59. The van der Waals surface area contributed by atoms with Gasteiger partial charge in [0, 0.05) is 37.0 Å². The topological polar surface area (TPSA) is 64.2 Å². The standard InChI is InChI=1S/C23H26N4O2S/c1-14-16(11-12-29-14)21-24-25-22(27(21)6)30-15(2)19(28)13-20-23(3,4)17-9-7-8-10-18(17)26(20)5/h7-13,15H,1-6H3/b20-13+. The fourth-order valence-electron chi connectivity index (χ4n) is 4.00. The van der Waals surface area contributed by atoms with Gasteiger partial charge in [-0.2, -0.15) is 0 Å². The van der Waals surface area contributed by atoms with Crippen LogP contribution < -0.4 is 4.90 Å². The second-order valence-corrected chi connectivity index (χ2v) is 9.46. The molecule has 3 heterocycles. The number of ketones is 1. The predicted octanol–water partition coefficient (Wildman–Crippen LogP) is 4.74. The van der Waals surface area contributed by atoms with E-state index in [9.17, 15) is 4.79 Å². The first-order valence-electron chi connectivity index (χ1n) is 9.91. The Balaban J connectivity index is 1.56. The van der Waals surface area contributed by atoms with E-state index in [0.717, 1.165) is 28.5 Å². The number of hydrogen-bond acceptors (Lipinski definition) is 6. The molecule has 0 saturated heterocycles. The van der Waals surface area contributed by atoms with Gasteiger partial charge in [-0.1, -0.05) is 43.8 Å². The Hall–Kier alpha value is -2.80. The van der Waals surface area contributed by atoms with Crippen molar-refractivity contribution in [1.82, 2.24) is 14.8 Å². The molecule has 30 heavy (non-hydrogen) atoms. The highest BCUT2D eigenvalue weighted by atomic mass is 32.2. The Kier molecular flexibility index (Phi) is 5.10. The van der Waals surface area contributed by atoms with Gasteiger partial charge in [0.25, 0.3) is 0 Å². The minimum absolute atomic E-state index is 0.0618. The van der Waals surface area contributed by atoms with Gasteiger partial charge in [0.15, 0.2) is 16.8 Å². The molecule has 0 aliphatic carbocycles. The first-order valence-corrected chi connectivity index (χ1v) is 10.8. The number of likely N-dealkylation sites (N-methyl/N-ethyl adjacent to an activating group) is 1. The largest absolute Gasteiger partial charge is 0.469 e. The van der Waals surface area contributed by atoms with Crippen LogP contribution >= 0.6 is 11.8 Å². The van der Waals surface area contributed by atoms with Crippen molar-refractivity contribution in [1.29, 1.82) is 0 Å². The van der Waals surface area contributed by atoms with E-state index in [1.54, 1.807) is 12.3 Å². The molecule has 0 saturated carbocycles. The molecule has 6 nitrogen and oxygen atoms in total. The Morgan fingerprint density at radius 3 is 2.60 bits per heavy atom. The van der Waals surface area contributed by atoms with E-state index >= 15 is 0 Å². The number of rotatable bonds is 5. The Morgan fingerprint density at radius 2 is 1.93 bits per heavy atom. The molecular formula is C23H26N4O2S. The van der Waals surface area contributed by atoms with Crippen LogP contribution in [0, 0.1) is 6.92 Å². The van der Waals surface area contributed by atoms with Crippen LogP contribution in [0.2, 0.25) is 0 Å². The molecule has 1 atom stereocenters. The van der Waals surface area contributed by atoms with Gasteiger partial charge in [-0.25, -0.2) is 0 Å². The molecule has 3 aromatic rings. The minimum Gasteiger partial charge on any atom is -0.469 e. The van der Waals surface area contributed by atoms with Gasteiger partial charge in [0.2, 0.25) is 0 Å². The fraction of sp³-hybridized carbons (Fsp3) is 0.348. The summed E-state index contributed by atoms with van der Waals surface area (Å²) >= 11 is 1.42. The summed E-state index contributed by atoms with van der Waals surface area (Å²) in [4.78, 5) is 15.2. The molecule has 4 rings (SSSR count). The fourth-order valence-corrected chi connectivity index (χ4v) is 4.83. The van der Waals surface area contributed by atoms with E-state index in [2.05, 4.69) is 41.1 Å². The summed E-state index contributed by atoms with van der Waals surface area (Å²) in [6.07, 6.45) is 3.43. The molecule has 1 aliphatic heterocycles. The number of furan rings is 1. The maximum absolute atomic E-state index is 13.1. The average molecular weight is 423 g/mol. The van der Waals surface area contributed by atoms with E-state index in [1.165, 1.54) is 17.3 Å². The maximum Gasteiger partial charge on any atom is 0.191 e. The molecule has 7 heteroatoms. The molecule has 1 aromatic carbocycles. The van der Waals surface area contributed by atoms with Crippen molar-refractivity contribution < 1.29 is 9.21 Å². The number of carbonyl (C=O) groups excluding carboxylic acids is 1. The maximum atomic E-state index is 13.1. The van der Waals surface area contributed by atoms with Gasteiger partial charge >= 0.3 is 0 Å². The number of hydrogen-bond donors (Lipinski definition) is 0. The highest BCUT2D eigenvalue weighted by Gasteiger charge is 2.38. The van der Waals surface area contributed by atoms with Crippen molar-refractivity contribution >= 4 is 23.2 Å². The van der Waals surface area contributed by atoms with Crippen molar-refractivity contribution in [2.75, 3.05) is 11.9 Å². The number of thioether (sulfide) groups is 1. The third-order valence-electron chi connectivity index (χ3n) is 5.84. The van der Waals surface area contributed by atoms with E-state index < -0.39 is 0 Å². The number of carbonyl (C=O) groups is 1. The smallest absolute Gasteiger partial charge is 0.191 e. The van der Waals surface area contributed by atoms with Gasteiger partial charge in [-0.15, -0.1) is 10.2 Å². The predicted molar refractivity (Wildman–Crippen MR) is 120 cm³/mol. The highest BCUT2D eigenvalue weighted by Crippen LogP contribution is 2.46. The highest BCUT2D eigenvalue weighted by molar-refractivity contribution is 8.00. The number of aromatic nitrogens is 3. The lowest BCUT2D eigenvalue weighted by Crippen LogP contribution is -2.25. The molecule has 0 fully saturated rings. The van der Waals surface area contributed by atoms with Gasteiger partial charge in [-0.3, -0.25) is 4.79 Å². The summed E-state index contributed by atoms with van der Waals surface area (Å²) in [6.45, 7) is 8.13. The second kappa shape index (κ2) is 7.47. The van der Waals surface area contributed by atoms with Crippen LogP contribution in [0.1, 0.15) is 32.1 Å². The number of aryl methyl sites for hydroxylation is 1. The molecule has 2 aromatic heterocycles. The number of nitrogens with zero attached hydrogens (tertiary/aromatic N) is 4. The zero-order chi connectivity index (χ0) is 21.6. The number of para-hydroxylation sites is 1. The van der Waals surface area contributed by atoms with Gasteiger partial charge < -0.3 is 13.9 Å². The normalized spacial score (nSPS) is 17.4. The van der Waals surface area contributed by atoms with Crippen molar-refractivity contribution in [3.63, 3.8) is 0 Å². The van der Waals surface area contributed by atoms with Crippen LogP contribution in [-0.4, -0.2) is 32.8 Å². The van der Waals surface area contributed by atoms with Gasteiger partial charge in [0.1, 0.15) is 5.76 Å². The quantitative estimate of drug-likeness (QED) is 0.437. The lowest BCUT2D eigenvalue weighted by molar-refractivity contribution is -0.114. The lowest BCUT2D eigenvalue weighted by atomic mass is 9.83. The van der Waals surface area contributed by atoms with Crippen molar-refractivity contribution in [3.8, 4) is 11.4 Å². The van der Waals surface area contributed by atoms with Crippen LogP contribution in [0.4, 0.5) is 5.69 Å². The van der Waals surface area contributed by atoms with E-state index in [1.807, 2.05) is 50.7 Å². The van der Waals surface area contributed by atoms with Crippen LogP contribution in [0.25, 0.3) is 11.4 Å². The zero-order valence-corrected chi connectivity index (χ0v) is 18.9. The third kappa shape index (κ3) is 3.27. The van der Waals surface area contributed by atoms with Crippen LogP contribution in [0.15, 0.2) is 57.9 Å². The zero-order valence-electron chi connectivity index (χ0n) is 18.1. The van der Waals surface area contributed by atoms with E-state index in [0.29, 0.717) is 5.16 Å². The van der Waals surface area contributed by atoms with Crippen molar-refractivity contribution in [2.24, 2.45) is 7.05 Å². The number of benzene rings is 1. The molecule has 1 unspecified atom stereocenters. The van der Waals surface area contributed by atoms with Gasteiger partial charge in [0.05, 0.1) is 17.1 Å². The summed E-state index contributed by atoms with van der Waals surface area (Å²) in [5.41, 5.74) is 4.08. The molecule has 0 amide bonds. The summed E-state index contributed by atoms with van der Waals surface area (Å²) in [7, 11) is 3.93. The van der Waals surface area contributed by atoms with Crippen LogP contribution in [0.3, 0.4) is 0 Å². The molecule has 0 radical (unpaired) electrons. The van der Waals surface area contributed by atoms with E-state index in [4.69, 9.17) is 4.42 Å². The monoisotopic (exact) mass is 422 g/mol. The lowest BCUT2D eigenvalue weighted by Gasteiger charge is -2.24.